The molecule has 0 heterocycles. The first kappa shape index (κ1) is 99.8. The molecular formula is H2Al2O6Si. The Kier molecular flexibility index (Phi) is 1950. The van der Waals surface area contributed by atoms with Crippen molar-refractivity contribution in [1.29, 1.82) is 0 Å². The third kappa shape index (κ3) is 756. The minimum Gasteiger partial charge on any atom is -2.00 e. The van der Waals surface area contributed by atoms with Crippen LogP contribution in [0.25, 0.3) is 0 Å². The third-order valence-corrected chi connectivity index (χ3v) is 0. The van der Waals surface area contributed by atoms with Gasteiger partial charge >= 0.3 is 44.0 Å². The monoisotopic (exact) mass is 180 g/mol. The van der Waals surface area contributed by atoms with E-state index in [2.05, 4.69) is 0 Å². The Morgan fingerprint density at radius 2 is 0.778 bits per heavy atom. The van der Waals surface area contributed by atoms with E-state index in [4.69, 9.17) is 8.92 Å². The van der Waals surface area contributed by atoms with Gasteiger partial charge in [0.25, 0.3) is 0 Å². The Hall–Kier alpha value is 0.722. The van der Waals surface area contributed by atoms with Crippen LogP contribution in [-0.4, -0.2) is 49.5 Å². The molecule has 2 N–H and O–H groups in total. The molecule has 0 aliphatic heterocycles. The largest absolute Gasteiger partial charge is 3.00 e. The van der Waals surface area contributed by atoms with Gasteiger partial charge in [-0.05, 0) is 0 Å². The molecule has 0 aromatic heterocycles. The van der Waals surface area contributed by atoms with Gasteiger partial charge in [0.1, 0.15) is 0 Å². The maximum absolute atomic E-state index is 8.40. The molecule has 0 unspecified atom stereocenters. The minimum atomic E-state index is -1.42. The number of hydrogen-bond acceptors (Lipinski definition) is 2. The summed E-state index contributed by atoms with van der Waals surface area (Å²) in [5.41, 5.74) is 0. The first-order valence-corrected chi connectivity index (χ1v) is 1.22. The van der Waals surface area contributed by atoms with Crippen molar-refractivity contribution in [2.24, 2.45) is 0 Å². The third-order valence-electron chi connectivity index (χ3n) is 0. The van der Waals surface area contributed by atoms with Gasteiger partial charge in [-0.3, -0.25) is 8.92 Å². The summed E-state index contributed by atoms with van der Waals surface area (Å²) in [5.74, 6) is 0. The van der Waals surface area contributed by atoms with E-state index in [9.17, 15) is 0 Å². The molecule has 0 atom stereocenters. The smallest absolute Gasteiger partial charge is 2.00 e. The molecule has 0 rings (SSSR count). The van der Waals surface area contributed by atoms with E-state index in [1.165, 1.54) is 0 Å². The van der Waals surface area contributed by atoms with E-state index in [0.29, 0.717) is 0 Å². The van der Waals surface area contributed by atoms with Crippen LogP contribution in [0, 0.1) is 0 Å². The van der Waals surface area contributed by atoms with Gasteiger partial charge in [0.2, 0.25) is 0 Å². The summed E-state index contributed by atoms with van der Waals surface area (Å²) in [4.78, 5) is 0. The van der Waals surface area contributed by atoms with Gasteiger partial charge in [-0.2, -0.15) is 0 Å². The van der Waals surface area contributed by atoms with Gasteiger partial charge in [0, 0.05) is 0 Å². The van der Waals surface area contributed by atoms with Gasteiger partial charge in [-0.25, -0.2) is 0 Å². The van der Waals surface area contributed by atoms with Crippen molar-refractivity contribution in [2.45, 2.75) is 0 Å². The summed E-state index contributed by atoms with van der Waals surface area (Å²) in [5, 5.41) is 0. The molecule has 0 spiro atoms. The van der Waals surface area contributed by atoms with Crippen LogP contribution in [0.2, 0.25) is 0 Å². The van der Waals surface area contributed by atoms with Crippen LogP contribution in [0.1, 0.15) is 0 Å². The van der Waals surface area contributed by atoms with Crippen molar-refractivity contribution < 1.29 is 30.8 Å². The van der Waals surface area contributed by atoms with Gasteiger partial charge in [-0.1, -0.05) is 0 Å². The quantitative estimate of drug-likeness (QED) is 0.376. The zero-order chi connectivity index (χ0) is 2.71. The predicted molar refractivity (Wildman–Crippen MR) is 24.3 cm³/mol. The molecule has 0 radical (unpaired) electrons. The normalized spacial score (nSPS) is 0.889. The van der Waals surface area contributed by atoms with Crippen LogP contribution in [-0.2, 0) is 25.4 Å². The zero-order valence-electron chi connectivity index (χ0n) is 4.20. The summed E-state index contributed by atoms with van der Waals surface area (Å²) in [6, 6.07) is 0. The van der Waals surface area contributed by atoms with Crippen molar-refractivity contribution in [3.05, 3.63) is 0 Å². The summed E-state index contributed by atoms with van der Waals surface area (Å²) < 4.78 is 16.8. The van der Waals surface area contributed by atoms with E-state index in [1.54, 1.807) is 0 Å². The average Bonchev–Trinajstić information content (AvgIpc) is 0.918. The Morgan fingerprint density at radius 1 is 0.778 bits per heavy atom. The topological polar surface area (TPSA) is 151 Å². The van der Waals surface area contributed by atoms with Crippen LogP contribution >= 0.6 is 0 Å². The van der Waals surface area contributed by atoms with Crippen LogP contribution in [0.5, 0.6) is 0 Å². The van der Waals surface area contributed by atoms with Crippen LogP contribution in [0.15, 0.2) is 0 Å². The molecule has 6 nitrogen and oxygen atoms in total. The van der Waals surface area contributed by atoms with Crippen molar-refractivity contribution >= 4 is 44.0 Å². The Labute approximate surface area is 75.1 Å². The molecule has 9 heavy (non-hydrogen) atoms. The van der Waals surface area contributed by atoms with Crippen molar-refractivity contribution in [2.75, 3.05) is 0 Å². The molecule has 9 heteroatoms. The Morgan fingerprint density at radius 3 is 0.778 bits per heavy atom. The fourth-order valence-electron chi connectivity index (χ4n) is 0. The maximum Gasteiger partial charge on any atom is 3.00 e. The Balaban J connectivity index is -0.00000000133. The van der Waals surface area contributed by atoms with Gasteiger partial charge < -0.3 is 21.9 Å². The minimum absolute atomic E-state index is 0. The van der Waals surface area contributed by atoms with E-state index in [0.717, 1.165) is 0 Å². The molecule has 0 aliphatic rings. The standard InChI is InChI=1S/2Al.O2Si.H2O.3O/c;;1-3-2;;;;/h;;;1H2;;;/q2*+3;;;3*-2. The van der Waals surface area contributed by atoms with Crippen molar-refractivity contribution in [3.8, 4) is 0 Å². The molecule has 0 aliphatic carbocycles. The maximum atomic E-state index is 8.40. The van der Waals surface area contributed by atoms with E-state index in [1.807, 2.05) is 0 Å². The van der Waals surface area contributed by atoms with E-state index >= 15 is 0 Å². The average molecular weight is 180 g/mol. The molecule has 0 amide bonds. The van der Waals surface area contributed by atoms with E-state index in [-0.39, 0.29) is 56.6 Å². The first-order chi connectivity index (χ1) is 1.41. The fourth-order valence-corrected chi connectivity index (χ4v) is 0. The second-order valence-corrected chi connectivity index (χ2v) is 0.250. The molecule has 0 fully saturated rings. The number of rotatable bonds is 0. The van der Waals surface area contributed by atoms with Gasteiger partial charge in [0.05, 0.1) is 0 Å². The fraction of sp³-hybridized carbons (Fsp3) is 0. The first-order valence-electron chi connectivity index (χ1n) is 0.408. The predicted octanol–water partition coefficient (Wildman–Crippen LogP) is -2.56. The Bertz CT molecular complexity index is 32.0. The molecule has 0 aromatic rings. The zero-order valence-corrected chi connectivity index (χ0v) is 7.51. The van der Waals surface area contributed by atoms with Gasteiger partial charge in [-0.15, -0.1) is 0 Å². The number of hydrogen-bond donors (Lipinski definition) is 0. The molecule has 0 saturated carbocycles. The summed E-state index contributed by atoms with van der Waals surface area (Å²) in [6.07, 6.45) is 0. The summed E-state index contributed by atoms with van der Waals surface area (Å²) in [7, 11) is -1.42. The summed E-state index contributed by atoms with van der Waals surface area (Å²) in [6.45, 7) is 0. The van der Waals surface area contributed by atoms with Crippen LogP contribution in [0.3, 0.4) is 0 Å². The van der Waals surface area contributed by atoms with Crippen LogP contribution < -0.4 is 0 Å². The summed E-state index contributed by atoms with van der Waals surface area (Å²) >= 11 is 0. The van der Waals surface area contributed by atoms with Crippen molar-refractivity contribution in [1.82, 2.24) is 0 Å². The molecular weight excluding hydrogens is 178 g/mol. The van der Waals surface area contributed by atoms with Crippen LogP contribution in [0.4, 0.5) is 0 Å². The van der Waals surface area contributed by atoms with E-state index < -0.39 is 9.29 Å². The molecule has 48 valence electrons. The molecule has 0 saturated heterocycles. The second kappa shape index (κ2) is 175. The van der Waals surface area contributed by atoms with Gasteiger partial charge in [0.15, 0.2) is 0 Å². The second-order valence-electron chi connectivity index (χ2n) is 0.0833. The SMILES string of the molecule is O.O=[Si]=O.[Al+3].[Al+3].[O-2].[O-2].[O-2]. The molecule has 0 aromatic carbocycles. The van der Waals surface area contributed by atoms with Crippen molar-refractivity contribution in [3.63, 3.8) is 0 Å². The molecule has 0 bridgehead atoms.